The van der Waals surface area contributed by atoms with Crippen molar-refractivity contribution in [2.24, 2.45) is 0 Å². The highest BCUT2D eigenvalue weighted by Crippen LogP contribution is 2.23. The summed E-state index contributed by atoms with van der Waals surface area (Å²) in [6.07, 6.45) is 1.84. The Balaban J connectivity index is 2.01. The predicted molar refractivity (Wildman–Crippen MR) is 80.6 cm³/mol. The van der Waals surface area contributed by atoms with Crippen LogP contribution in [-0.4, -0.2) is 12.6 Å². The fraction of sp³-hybridized carbons (Fsp3) is 0.333. The summed E-state index contributed by atoms with van der Waals surface area (Å²) in [5.74, 6) is -0.186. The molecule has 2 aromatic rings. The molecule has 1 unspecified atom stereocenters. The number of likely N-dealkylation sites (N-methyl/N-ethyl adjacent to an activating group) is 1. The van der Waals surface area contributed by atoms with Crippen LogP contribution in [0.1, 0.15) is 17.4 Å². The summed E-state index contributed by atoms with van der Waals surface area (Å²) in [4.78, 5) is 1.28. The monoisotopic (exact) mass is 297 g/mol. The molecule has 0 aliphatic rings. The van der Waals surface area contributed by atoms with Crippen LogP contribution < -0.4 is 5.32 Å². The van der Waals surface area contributed by atoms with Crippen LogP contribution in [0.2, 0.25) is 4.34 Å². The third kappa shape index (κ3) is 4.60. The molecule has 1 atom stereocenters. The van der Waals surface area contributed by atoms with Crippen LogP contribution in [-0.2, 0) is 12.8 Å². The van der Waals surface area contributed by atoms with Crippen LogP contribution >= 0.6 is 22.9 Å². The molecule has 0 bridgehead atoms. The number of hydrogen-bond donors (Lipinski definition) is 1. The van der Waals surface area contributed by atoms with Crippen LogP contribution in [0.5, 0.6) is 0 Å². The van der Waals surface area contributed by atoms with Crippen molar-refractivity contribution in [3.8, 4) is 0 Å². The summed E-state index contributed by atoms with van der Waals surface area (Å²) < 4.78 is 13.7. The minimum atomic E-state index is -0.186. The first-order valence-electron chi connectivity index (χ1n) is 6.39. The number of benzene rings is 1. The standard InChI is InChI=1S/C15H17ClFNS/c1-2-18-13(10-14-7-8-15(16)19-14)9-11-3-5-12(17)6-4-11/h3-8,13,18H,2,9-10H2,1H3. The quantitative estimate of drug-likeness (QED) is 0.838. The first-order chi connectivity index (χ1) is 9.17. The highest BCUT2D eigenvalue weighted by atomic mass is 35.5. The zero-order valence-electron chi connectivity index (χ0n) is 10.8. The second-order valence-corrected chi connectivity index (χ2v) is 6.29. The Morgan fingerprint density at radius 2 is 1.89 bits per heavy atom. The average Bonchev–Trinajstić information content (AvgIpc) is 2.78. The molecule has 1 aromatic heterocycles. The molecule has 1 heterocycles. The molecule has 0 saturated heterocycles. The molecule has 1 nitrogen and oxygen atoms in total. The number of hydrogen-bond acceptors (Lipinski definition) is 2. The lowest BCUT2D eigenvalue weighted by Gasteiger charge is -2.17. The van der Waals surface area contributed by atoms with Crippen molar-refractivity contribution in [1.29, 1.82) is 0 Å². The lowest BCUT2D eigenvalue weighted by molar-refractivity contribution is 0.524. The van der Waals surface area contributed by atoms with Gasteiger partial charge in [0.1, 0.15) is 5.82 Å². The van der Waals surface area contributed by atoms with Gasteiger partial charge in [0.25, 0.3) is 0 Å². The number of nitrogens with one attached hydrogen (secondary N) is 1. The molecule has 0 fully saturated rings. The molecule has 1 aromatic carbocycles. The molecule has 4 heteroatoms. The van der Waals surface area contributed by atoms with Crippen LogP contribution in [0.3, 0.4) is 0 Å². The van der Waals surface area contributed by atoms with Crippen molar-refractivity contribution in [3.05, 3.63) is 57.0 Å². The topological polar surface area (TPSA) is 12.0 Å². The highest BCUT2D eigenvalue weighted by molar-refractivity contribution is 7.16. The Hall–Kier alpha value is -0.900. The molecule has 0 spiro atoms. The smallest absolute Gasteiger partial charge is 0.123 e. The normalized spacial score (nSPS) is 12.6. The van der Waals surface area contributed by atoms with E-state index in [4.69, 9.17) is 11.6 Å². The molecule has 0 amide bonds. The SMILES string of the molecule is CCNC(Cc1ccc(F)cc1)Cc1ccc(Cl)s1. The highest BCUT2D eigenvalue weighted by Gasteiger charge is 2.11. The fourth-order valence-electron chi connectivity index (χ4n) is 2.11. The number of rotatable bonds is 6. The van der Waals surface area contributed by atoms with Gasteiger partial charge in [-0.2, -0.15) is 0 Å². The molecule has 0 aliphatic heterocycles. The van der Waals surface area contributed by atoms with Crippen LogP contribution in [0.15, 0.2) is 36.4 Å². The van der Waals surface area contributed by atoms with Crippen molar-refractivity contribution in [2.45, 2.75) is 25.8 Å². The Morgan fingerprint density at radius 3 is 2.47 bits per heavy atom. The molecule has 0 aliphatic carbocycles. The van der Waals surface area contributed by atoms with Gasteiger partial charge < -0.3 is 5.32 Å². The van der Waals surface area contributed by atoms with Gasteiger partial charge in [-0.25, -0.2) is 4.39 Å². The summed E-state index contributed by atoms with van der Waals surface area (Å²) >= 11 is 7.58. The minimum Gasteiger partial charge on any atom is -0.314 e. The van der Waals surface area contributed by atoms with E-state index in [-0.39, 0.29) is 5.82 Å². The van der Waals surface area contributed by atoms with Gasteiger partial charge in [-0.05, 0) is 49.2 Å². The van der Waals surface area contributed by atoms with Gasteiger partial charge in [0.2, 0.25) is 0 Å². The van der Waals surface area contributed by atoms with Crippen molar-refractivity contribution >= 4 is 22.9 Å². The first-order valence-corrected chi connectivity index (χ1v) is 7.59. The third-order valence-corrected chi connectivity index (χ3v) is 4.22. The summed E-state index contributed by atoms with van der Waals surface area (Å²) in [5.41, 5.74) is 1.15. The van der Waals surface area contributed by atoms with Gasteiger partial charge in [-0.3, -0.25) is 0 Å². The maximum atomic E-state index is 12.9. The van der Waals surface area contributed by atoms with E-state index in [1.54, 1.807) is 11.3 Å². The lowest BCUT2D eigenvalue weighted by atomic mass is 10.0. The molecule has 1 N–H and O–H groups in total. The van der Waals surface area contributed by atoms with Gasteiger partial charge in [0, 0.05) is 10.9 Å². The Bertz CT molecular complexity index is 509. The van der Waals surface area contributed by atoms with Gasteiger partial charge in [-0.15, -0.1) is 11.3 Å². The second-order valence-electron chi connectivity index (χ2n) is 4.50. The van der Waals surface area contributed by atoms with Crippen molar-refractivity contribution in [2.75, 3.05) is 6.54 Å². The van der Waals surface area contributed by atoms with Gasteiger partial charge in [0.05, 0.1) is 4.34 Å². The molecule has 102 valence electrons. The minimum absolute atomic E-state index is 0.186. The molecular weight excluding hydrogens is 281 g/mol. The number of thiophene rings is 1. The third-order valence-electron chi connectivity index (χ3n) is 2.96. The molecular formula is C15H17ClFNS. The van der Waals surface area contributed by atoms with Crippen molar-refractivity contribution in [3.63, 3.8) is 0 Å². The van der Waals surface area contributed by atoms with Gasteiger partial charge >= 0.3 is 0 Å². The maximum Gasteiger partial charge on any atom is 0.123 e. The summed E-state index contributed by atoms with van der Waals surface area (Å²) in [7, 11) is 0. The van der Waals surface area contributed by atoms with Crippen molar-refractivity contribution in [1.82, 2.24) is 5.32 Å². The summed E-state index contributed by atoms with van der Waals surface area (Å²) in [6, 6.07) is 11.1. The predicted octanol–water partition coefficient (Wildman–Crippen LogP) is 4.30. The fourth-order valence-corrected chi connectivity index (χ4v) is 3.28. The maximum absolute atomic E-state index is 12.9. The lowest BCUT2D eigenvalue weighted by Crippen LogP contribution is -2.32. The van der Waals surface area contributed by atoms with E-state index in [1.165, 1.54) is 17.0 Å². The zero-order valence-corrected chi connectivity index (χ0v) is 12.4. The molecule has 19 heavy (non-hydrogen) atoms. The summed E-state index contributed by atoms with van der Waals surface area (Å²) in [6.45, 7) is 3.02. The second kappa shape index (κ2) is 7.04. The molecule has 0 radical (unpaired) electrons. The van der Waals surface area contributed by atoms with E-state index in [9.17, 15) is 4.39 Å². The van der Waals surface area contributed by atoms with Gasteiger partial charge in [0.15, 0.2) is 0 Å². The van der Waals surface area contributed by atoms with Crippen LogP contribution in [0, 0.1) is 5.82 Å². The summed E-state index contributed by atoms with van der Waals surface area (Å²) in [5, 5.41) is 3.47. The van der Waals surface area contributed by atoms with E-state index in [0.29, 0.717) is 6.04 Å². The van der Waals surface area contributed by atoms with E-state index in [0.717, 1.165) is 29.3 Å². The van der Waals surface area contributed by atoms with Crippen LogP contribution in [0.4, 0.5) is 4.39 Å². The largest absolute Gasteiger partial charge is 0.314 e. The van der Waals surface area contributed by atoms with Crippen molar-refractivity contribution < 1.29 is 4.39 Å². The van der Waals surface area contributed by atoms with E-state index in [2.05, 4.69) is 18.3 Å². The van der Waals surface area contributed by atoms with Gasteiger partial charge in [-0.1, -0.05) is 30.7 Å². The van der Waals surface area contributed by atoms with E-state index < -0.39 is 0 Å². The molecule has 2 rings (SSSR count). The van der Waals surface area contributed by atoms with E-state index in [1.807, 2.05) is 18.2 Å². The van der Waals surface area contributed by atoms with E-state index >= 15 is 0 Å². The Labute approximate surface area is 122 Å². The van der Waals surface area contributed by atoms with Crippen LogP contribution in [0.25, 0.3) is 0 Å². The first kappa shape index (κ1) is 14.5. The Kier molecular flexibility index (Phi) is 5.37. The average molecular weight is 298 g/mol. The Morgan fingerprint density at radius 1 is 1.16 bits per heavy atom. The molecule has 0 saturated carbocycles. The number of halogens is 2. The zero-order chi connectivity index (χ0) is 13.7.